The van der Waals surface area contributed by atoms with Crippen LogP contribution in [0.2, 0.25) is 5.15 Å². The van der Waals surface area contributed by atoms with E-state index in [1.165, 1.54) is 0 Å². The number of rotatable bonds is 4. The van der Waals surface area contributed by atoms with Gasteiger partial charge in [-0.3, -0.25) is 15.0 Å². The molecule has 0 aliphatic carbocycles. The second-order valence-corrected chi connectivity index (χ2v) is 6.19. The van der Waals surface area contributed by atoms with Gasteiger partial charge in [0.2, 0.25) is 0 Å². The minimum atomic E-state index is -1.15. The molecule has 0 radical (unpaired) electrons. The van der Waals surface area contributed by atoms with E-state index in [0.29, 0.717) is 11.7 Å². The lowest BCUT2D eigenvalue weighted by molar-refractivity contribution is 0.209. The first kappa shape index (κ1) is 16.9. The van der Waals surface area contributed by atoms with Gasteiger partial charge in [0.05, 0.1) is 23.8 Å². The topological polar surface area (TPSA) is 106 Å². The van der Waals surface area contributed by atoms with Crippen LogP contribution in [0.5, 0.6) is 0 Å². The average molecular weight is 381 g/mol. The first-order valence-electron chi connectivity index (χ1n) is 7.97. The summed E-state index contributed by atoms with van der Waals surface area (Å²) in [5.41, 5.74) is 4.19. The molecular formula is C18H13ClN6O2. The van der Waals surface area contributed by atoms with Gasteiger partial charge in [0.15, 0.2) is 0 Å². The maximum Gasteiger partial charge on any atom is 0.410 e. The quantitative estimate of drug-likeness (QED) is 0.523. The van der Waals surface area contributed by atoms with Gasteiger partial charge >= 0.3 is 6.09 Å². The molecule has 9 heteroatoms. The zero-order chi connectivity index (χ0) is 18.8. The number of carbonyl (C=O) groups is 1. The fourth-order valence-electron chi connectivity index (χ4n) is 2.63. The molecule has 4 heterocycles. The van der Waals surface area contributed by atoms with Crippen LogP contribution in [-0.4, -0.2) is 35.9 Å². The maximum atomic E-state index is 10.6. The number of anilines is 1. The van der Waals surface area contributed by atoms with Crippen molar-refractivity contribution in [3.63, 3.8) is 0 Å². The Balaban J connectivity index is 1.54. The van der Waals surface area contributed by atoms with Crippen molar-refractivity contribution in [3.05, 3.63) is 65.8 Å². The Kier molecular flexibility index (Phi) is 4.39. The van der Waals surface area contributed by atoms with Crippen molar-refractivity contribution >= 4 is 34.5 Å². The third-order valence-electron chi connectivity index (χ3n) is 3.87. The van der Waals surface area contributed by atoms with Crippen molar-refractivity contribution in [1.29, 1.82) is 0 Å². The van der Waals surface area contributed by atoms with Crippen molar-refractivity contribution in [1.82, 2.24) is 24.7 Å². The van der Waals surface area contributed by atoms with Gasteiger partial charge in [-0.15, -0.1) is 0 Å². The lowest BCUT2D eigenvalue weighted by Gasteiger charge is -2.04. The standard InChI is InChI=1S/C18H13ClN6O2/c19-16-3-2-14-15(23-16)5-12(7-20-14)13-8-22-25(10-13)9-11-1-4-17(21-6-11)24-18(26)27/h1-8,10H,9H2,(H,21,24)(H,26,27). The number of hydrogen-bond donors (Lipinski definition) is 2. The highest BCUT2D eigenvalue weighted by atomic mass is 35.5. The van der Waals surface area contributed by atoms with Crippen molar-refractivity contribution in [2.75, 3.05) is 5.32 Å². The lowest BCUT2D eigenvalue weighted by atomic mass is 10.1. The predicted molar refractivity (Wildman–Crippen MR) is 101 cm³/mol. The number of fused-ring (bicyclic) bond motifs is 1. The minimum Gasteiger partial charge on any atom is -0.465 e. The number of amides is 1. The number of nitrogens with zero attached hydrogens (tertiary/aromatic N) is 5. The molecule has 0 aliphatic heterocycles. The summed E-state index contributed by atoms with van der Waals surface area (Å²) in [6.07, 6.45) is 5.88. The number of aromatic nitrogens is 5. The Bertz CT molecular complexity index is 1130. The van der Waals surface area contributed by atoms with Crippen LogP contribution in [0.3, 0.4) is 0 Å². The van der Waals surface area contributed by atoms with Crippen LogP contribution >= 0.6 is 11.6 Å². The van der Waals surface area contributed by atoms with Crippen molar-refractivity contribution in [2.24, 2.45) is 0 Å². The lowest BCUT2D eigenvalue weighted by Crippen LogP contribution is -2.09. The van der Waals surface area contributed by atoms with E-state index in [1.807, 2.05) is 18.3 Å². The third-order valence-corrected chi connectivity index (χ3v) is 4.08. The zero-order valence-electron chi connectivity index (χ0n) is 13.9. The maximum absolute atomic E-state index is 10.6. The molecule has 0 unspecified atom stereocenters. The highest BCUT2D eigenvalue weighted by Gasteiger charge is 2.07. The molecule has 4 aromatic rings. The van der Waals surface area contributed by atoms with Gasteiger partial charge in [-0.25, -0.2) is 14.8 Å². The van der Waals surface area contributed by atoms with Gasteiger partial charge in [-0.1, -0.05) is 17.7 Å². The normalized spacial score (nSPS) is 10.9. The molecule has 0 aromatic carbocycles. The number of carboxylic acid groups (broad SMARTS) is 1. The summed E-state index contributed by atoms with van der Waals surface area (Å²) in [6.45, 7) is 0.505. The van der Waals surface area contributed by atoms with Gasteiger partial charge in [0, 0.05) is 29.7 Å². The van der Waals surface area contributed by atoms with E-state index in [-0.39, 0.29) is 5.82 Å². The van der Waals surface area contributed by atoms with Crippen molar-refractivity contribution < 1.29 is 9.90 Å². The summed E-state index contributed by atoms with van der Waals surface area (Å²) in [7, 11) is 0. The summed E-state index contributed by atoms with van der Waals surface area (Å²) < 4.78 is 1.77. The molecule has 0 bridgehead atoms. The largest absolute Gasteiger partial charge is 0.465 e. The van der Waals surface area contributed by atoms with E-state index in [9.17, 15) is 4.79 Å². The van der Waals surface area contributed by atoms with Crippen LogP contribution in [0, 0.1) is 0 Å². The van der Waals surface area contributed by atoms with Crippen LogP contribution in [0.15, 0.2) is 55.1 Å². The Morgan fingerprint density at radius 1 is 1.07 bits per heavy atom. The van der Waals surface area contributed by atoms with Crippen molar-refractivity contribution in [3.8, 4) is 11.1 Å². The third kappa shape index (κ3) is 3.85. The molecule has 0 saturated heterocycles. The number of pyridine rings is 3. The number of nitrogens with one attached hydrogen (secondary N) is 1. The number of hydrogen-bond acceptors (Lipinski definition) is 5. The van der Waals surface area contributed by atoms with Crippen LogP contribution < -0.4 is 5.32 Å². The predicted octanol–water partition coefficient (Wildman–Crippen LogP) is 3.68. The van der Waals surface area contributed by atoms with Gasteiger partial charge in [0.25, 0.3) is 0 Å². The monoisotopic (exact) mass is 380 g/mol. The molecular weight excluding hydrogens is 368 g/mol. The van der Waals surface area contributed by atoms with E-state index >= 15 is 0 Å². The highest BCUT2D eigenvalue weighted by molar-refractivity contribution is 6.29. The van der Waals surface area contributed by atoms with Gasteiger partial charge in [-0.2, -0.15) is 5.10 Å². The fourth-order valence-corrected chi connectivity index (χ4v) is 2.78. The summed E-state index contributed by atoms with van der Waals surface area (Å²) in [5.74, 6) is 0.279. The van der Waals surface area contributed by atoms with Gasteiger partial charge in [0.1, 0.15) is 11.0 Å². The molecule has 4 aromatic heterocycles. The molecule has 0 atom stereocenters. The molecule has 4 rings (SSSR count). The second kappa shape index (κ2) is 7.00. The minimum absolute atomic E-state index is 0.279. The van der Waals surface area contributed by atoms with Gasteiger partial charge in [-0.05, 0) is 29.8 Å². The highest BCUT2D eigenvalue weighted by Crippen LogP contribution is 2.22. The van der Waals surface area contributed by atoms with Crippen LogP contribution in [-0.2, 0) is 6.54 Å². The second-order valence-electron chi connectivity index (χ2n) is 5.80. The van der Waals surface area contributed by atoms with Crippen molar-refractivity contribution in [2.45, 2.75) is 6.54 Å². The molecule has 0 aliphatic rings. The fraction of sp³-hybridized carbons (Fsp3) is 0.0556. The molecule has 0 spiro atoms. The Labute approximate surface area is 158 Å². The first-order valence-corrected chi connectivity index (χ1v) is 8.35. The first-order chi connectivity index (χ1) is 13.1. The molecule has 134 valence electrons. The average Bonchev–Trinajstić information content (AvgIpc) is 3.11. The summed E-state index contributed by atoms with van der Waals surface area (Å²) in [6, 6.07) is 8.86. The molecule has 0 fully saturated rings. The smallest absolute Gasteiger partial charge is 0.410 e. The SMILES string of the molecule is O=C(O)Nc1ccc(Cn2cc(-c3cnc4ccc(Cl)nc4c3)cn2)cn1. The Morgan fingerprint density at radius 2 is 1.96 bits per heavy atom. The Hall–Kier alpha value is -3.52. The molecule has 8 nitrogen and oxygen atoms in total. The number of halogens is 1. The van der Waals surface area contributed by atoms with E-state index in [1.54, 1.807) is 41.5 Å². The van der Waals surface area contributed by atoms with Crippen LogP contribution in [0.25, 0.3) is 22.2 Å². The molecule has 1 amide bonds. The molecule has 2 N–H and O–H groups in total. The molecule has 27 heavy (non-hydrogen) atoms. The Morgan fingerprint density at radius 3 is 2.74 bits per heavy atom. The van der Waals surface area contributed by atoms with Gasteiger partial charge < -0.3 is 5.11 Å². The van der Waals surface area contributed by atoms with Crippen LogP contribution in [0.4, 0.5) is 10.6 Å². The van der Waals surface area contributed by atoms with E-state index < -0.39 is 6.09 Å². The summed E-state index contributed by atoms with van der Waals surface area (Å²) in [4.78, 5) is 23.3. The van der Waals surface area contributed by atoms with E-state index in [0.717, 1.165) is 27.7 Å². The molecule has 0 saturated carbocycles. The van der Waals surface area contributed by atoms with E-state index in [4.69, 9.17) is 16.7 Å². The van der Waals surface area contributed by atoms with E-state index in [2.05, 4.69) is 25.4 Å². The van der Waals surface area contributed by atoms with Crippen LogP contribution in [0.1, 0.15) is 5.56 Å². The zero-order valence-corrected chi connectivity index (χ0v) is 14.6. The summed E-state index contributed by atoms with van der Waals surface area (Å²) in [5, 5.41) is 15.7. The summed E-state index contributed by atoms with van der Waals surface area (Å²) >= 11 is 5.95.